The number of thiophene rings is 1. The van der Waals surface area contributed by atoms with Gasteiger partial charge in [0.15, 0.2) is 5.82 Å². The SMILES string of the molecule is CCP(=O)(CC)c1ccccc1Nc1nc(Nc2ccc(N3CCN(C)CC3)cc2)nc2ccsc12. The summed E-state index contributed by atoms with van der Waals surface area (Å²) in [5.74, 6) is 1.25. The monoisotopic (exact) mass is 520 g/mol. The van der Waals surface area contributed by atoms with Gasteiger partial charge in [-0.05, 0) is 54.9 Å². The number of benzene rings is 2. The summed E-state index contributed by atoms with van der Waals surface area (Å²) in [6.07, 6.45) is 1.27. The topological polar surface area (TPSA) is 73.4 Å². The molecule has 36 heavy (non-hydrogen) atoms. The van der Waals surface area contributed by atoms with E-state index in [1.165, 1.54) is 5.69 Å². The molecule has 2 N–H and O–H groups in total. The molecule has 1 aliphatic rings. The largest absolute Gasteiger partial charge is 0.369 e. The molecule has 2 aromatic heterocycles. The maximum atomic E-state index is 13.6. The molecule has 2 aromatic carbocycles. The number of hydrogen-bond donors (Lipinski definition) is 2. The second kappa shape index (κ2) is 10.6. The van der Waals surface area contributed by atoms with Gasteiger partial charge in [-0.15, -0.1) is 11.3 Å². The molecule has 0 saturated carbocycles. The zero-order valence-electron chi connectivity index (χ0n) is 21.1. The first-order valence-electron chi connectivity index (χ1n) is 12.5. The standard InChI is InChI=1S/C27H33N6OPS/c1-4-35(34,5-2)24-9-7-6-8-22(24)29-26-25-23(14-19-36-25)30-27(31-26)28-20-10-12-21(13-11-20)33-17-15-32(3)16-18-33/h6-14,19H,4-5,15-18H2,1-3H3,(H2,28,29,30,31). The van der Waals surface area contributed by atoms with Gasteiger partial charge in [-0.2, -0.15) is 4.98 Å². The molecule has 0 amide bonds. The number of likely N-dealkylation sites (N-methyl/N-ethyl adjacent to an activating group) is 1. The highest BCUT2D eigenvalue weighted by Crippen LogP contribution is 2.46. The Labute approximate surface area is 216 Å². The van der Waals surface area contributed by atoms with Gasteiger partial charge in [-0.3, -0.25) is 0 Å². The summed E-state index contributed by atoms with van der Waals surface area (Å²) >= 11 is 1.60. The lowest BCUT2D eigenvalue weighted by Crippen LogP contribution is -2.44. The first-order chi connectivity index (χ1) is 17.5. The van der Waals surface area contributed by atoms with Crippen molar-refractivity contribution in [2.45, 2.75) is 13.8 Å². The summed E-state index contributed by atoms with van der Waals surface area (Å²) in [5, 5.41) is 9.78. The summed E-state index contributed by atoms with van der Waals surface area (Å²) in [5.41, 5.74) is 3.90. The van der Waals surface area contributed by atoms with E-state index in [9.17, 15) is 4.57 Å². The van der Waals surface area contributed by atoms with Crippen molar-refractivity contribution in [3.63, 3.8) is 0 Å². The van der Waals surface area contributed by atoms with E-state index in [1.807, 2.05) is 49.6 Å². The lowest BCUT2D eigenvalue weighted by molar-refractivity contribution is 0.313. The number of aromatic nitrogens is 2. The Morgan fingerprint density at radius 2 is 1.64 bits per heavy atom. The van der Waals surface area contributed by atoms with Crippen LogP contribution in [-0.2, 0) is 4.57 Å². The molecular formula is C27H33N6OPS. The van der Waals surface area contributed by atoms with Crippen molar-refractivity contribution < 1.29 is 4.57 Å². The molecule has 188 valence electrons. The van der Waals surface area contributed by atoms with Crippen molar-refractivity contribution in [2.24, 2.45) is 0 Å². The molecule has 1 aliphatic heterocycles. The minimum atomic E-state index is -2.47. The smallest absolute Gasteiger partial charge is 0.229 e. The lowest BCUT2D eigenvalue weighted by atomic mass is 10.2. The van der Waals surface area contributed by atoms with Gasteiger partial charge in [-0.1, -0.05) is 26.0 Å². The number of hydrogen-bond acceptors (Lipinski definition) is 8. The van der Waals surface area contributed by atoms with Gasteiger partial charge in [0.1, 0.15) is 7.14 Å². The number of piperazine rings is 1. The van der Waals surface area contributed by atoms with E-state index >= 15 is 0 Å². The van der Waals surface area contributed by atoms with Gasteiger partial charge in [0.2, 0.25) is 5.95 Å². The van der Waals surface area contributed by atoms with Crippen LogP contribution in [0.25, 0.3) is 10.2 Å². The van der Waals surface area contributed by atoms with E-state index in [0.717, 1.165) is 58.9 Å². The predicted octanol–water partition coefficient (Wildman–Crippen LogP) is 5.96. The van der Waals surface area contributed by atoms with Crippen LogP contribution in [0.15, 0.2) is 60.0 Å². The Kier molecular flexibility index (Phi) is 7.28. The van der Waals surface area contributed by atoms with Crippen molar-refractivity contribution in [1.82, 2.24) is 14.9 Å². The Morgan fingerprint density at radius 3 is 2.36 bits per heavy atom. The van der Waals surface area contributed by atoms with Crippen molar-refractivity contribution in [3.8, 4) is 0 Å². The fraction of sp³-hybridized carbons (Fsp3) is 0.333. The summed E-state index contributed by atoms with van der Waals surface area (Å²) in [7, 11) is -0.296. The molecule has 0 radical (unpaired) electrons. The second-order valence-corrected chi connectivity index (χ2v) is 13.6. The molecule has 1 saturated heterocycles. The van der Waals surface area contributed by atoms with Gasteiger partial charge < -0.3 is 25.0 Å². The second-order valence-electron chi connectivity index (χ2n) is 9.16. The van der Waals surface area contributed by atoms with Crippen LogP contribution in [0.4, 0.5) is 28.8 Å². The van der Waals surface area contributed by atoms with Crippen LogP contribution in [0.2, 0.25) is 0 Å². The van der Waals surface area contributed by atoms with Crippen molar-refractivity contribution >= 4 is 62.8 Å². The number of nitrogens with zero attached hydrogens (tertiary/aromatic N) is 4. The van der Waals surface area contributed by atoms with E-state index in [4.69, 9.17) is 9.97 Å². The molecule has 0 spiro atoms. The third kappa shape index (κ3) is 5.12. The first kappa shape index (κ1) is 24.8. The van der Waals surface area contributed by atoms with E-state index in [-0.39, 0.29) is 0 Å². The zero-order valence-corrected chi connectivity index (χ0v) is 22.8. The van der Waals surface area contributed by atoms with Gasteiger partial charge in [0, 0.05) is 55.2 Å². The van der Waals surface area contributed by atoms with E-state index in [0.29, 0.717) is 18.3 Å². The predicted molar refractivity (Wildman–Crippen MR) is 155 cm³/mol. The number of rotatable bonds is 8. The Balaban J connectivity index is 1.41. The maximum absolute atomic E-state index is 13.6. The van der Waals surface area contributed by atoms with Crippen LogP contribution in [0, 0.1) is 0 Å². The van der Waals surface area contributed by atoms with Crippen LogP contribution < -0.4 is 20.8 Å². The highest BCUT2D eigenvalue weighted by atomic mass is 32.1. The molecule has 7 nitrogen and oxygen atoms in total. The number of anilines is 5. The molecule has 4 aromatic rings. The Bertz CT molecular complexity index is 1370. The number of para-hydroxylation sites is 1. The molecule has 0 aliphatic carbocycles. The highest BCUT2D eigenvalue weighted by molar-refractivity contribution is 7.71. The number of fused-ring (bicyclic) bond motifs is 1. The summed E-state index contributed by atoms with van der Waals surface area (Å²) in [6, 6.07) is 18.4. The van der Waals surface area contributed by atoms with Crippen LogP contribution in [0.3, 0.4) is 0 Å². The average Bonchev–Trinajstić information content (AvgIpc) is 3.39. The Morgan fingerprint density at radius 1 is 0.917 bits per heavy atom. The van der Waals surface area contributed by atoms with Crippen LogP contribution in [-0.4, -0.2) is 60.4 Å². The number of nitrogens with one attached hydrogen (secondary N) is 2. The molecule has 9 heteroatoms. The molecule has 0 bridgehead atoms. The van der Waals surface area contributed by atoms with E-state index in [1.54, 1.807) is 11.3 Å². The van der Waals surface area contributed by atoms with Gasteiger partial charge in [-0.25, -0.2) is 4.98 Å². The van der Waals surface area contributed by atoms with E-state index < -0.39 is 7.14 Å². The molecular weight excluding hydrogens is 487 g/mol. The minimum Gasteiger partial charge on any atom is -0.369 e. The average molecular weight is 521 g/mol. The zero-order chi connectivity index (χ0) is 25.1. The maximum Gasteiger partial charge on any atom is 0.229 e. The van der Waals surface area contributed by atoms with E-state index in [2.05, 4.69) is 51.7 Å². The minimum absolute atomic E-state index is 0.530. The van der Waals surface area contributed by atoms with Gasteiger partial charge in [0.25, 0.3) is 0 Å². The van der Waals surface area contributed by atoms with Crippen molar-refractivity contribution in [2.75, 3.05) is 61.1 Å². The van der Waals surface area contributed by atoms with Crippen LogP contribution in [0.1, 0.15) is 13.8 Å². The Hall–Kier alpha value is -2.93. The van der Waals surface area contributed by atoms with Gasteiger partial charge >= 0.3 is 0 Å². The van der Waals surface area contributed by atoms with Gasteiger partial charge in [0.05, 0.1) is 15.9 Å². The normalized spacial score (nSPS) is 14.8. The summed E-state index contributed by atoms with van der Waals surface area (Å²) in [6.45, 7) is 8.25. The lowest BCUT2D eigenvalue weighted by Gasteiger charge is -2.34. The van der Waals surface area contributed by atoms with Crippen molar-refractivity contribution in [1.29, 1.82) is 0 Å². The summed E-state index contributed by atoms with van der Waals surface area (Å²) in [4.78, 5) is 14.3. The van der Waals surface area contributed by atoms with Crippen LogP contribution >= 0.6 is 18.5 Å². The molecule has 0 unspecified atom stereocenters. The molecule has 5 rings (SSSR count). The van der Waals surface area contributed by atoms with Crippen LogP contribution in [0.5, 0.6) is 0 Å². The third-order valence-corrected chi connectivity index (χ3v) is 11.1. The fourth-order valence-electron chi connectivity index (χ4n) is 4.58. The quantitative estimate of drug-likeness (QED) is 0.278. The molecule has 3 heterocycles. The molecule has 1 fully saturated rings. The van der Waals surface area contributed by atoms with Crippen molar-refractivity contribution in [3.05, 3.63) is 60.0 Å². The highest BCUT2D eigenvalue weighted by Gasteiger charge is 2.24. The summed E-state index contributed by atoms with van der Waals surface area (Å²) < 4.78 is 14.5. The third-order valence-electron chi connectivity index (χ3n) is 6.91. The fourth-order valence-corrected chi connectivity index (χ4v) is 7.41. The molecule has 0 atom stereocenters. The first-order valence-corrected chi connectivity index (χ1v) is 15.5.